The van der Waals surface area contributed by atoms with E-state index in [9.17, 15) is 14.4 Å². The lowest BCUT2D eigenvalue weighted by Crippen LogP contribution is -2.35. The minimum atomic E-state index is -0.645. The Morgan fingerprint density at radius 2 is 1.48 bits per heavy atom. The molecule has 2 amide bonds. The van der Waals surface area contributed by atoms with Crippen LogP contribution in [0, 0.1) is 0 Å². The Bertz CT molecular complexity index is 740. The Balaban J connectivity index is 1.69. The predicted octanol–water partition coefficient (Wildman–Crippen LogP) is 2.92. The van der Waals surface area contributed by atoms with Gasteiger partial charge >= 0.3 is 5.97 Å². The molecule has 1 aliphatic heterocycles. The molecule has 1 atom stereocenters. The predicted molar refractivity (Wildman–Crippen MR) is 84.8 cm³/mol. The highest BCUT2D eigenvalue weighted by atomic mass is 32.2. The molecule has 0 saturated carbocycles. The average molecular weight is 327 g/mol. The first kappa shape index (κ1) is 15.3. The minimum absolute atomic E-state index is 0.244. The smallest absolute Gasteiger partial charge is 0.328 e. The van der Waals surface area contributed by atoms with Gasteiger partial charge in [-0.15, -0.1) is 11.8 Å². The van der Waals surface area contributed by atoms with E-state index in [4.69, 9.17) is 4.84 Å². The second-order valence-electron chi connectivity index (χ2n) is 4.93. The first-order valence-electron chi connectivity index (χ1n) is 6.99. The summed E-state index contributed by atoms with van der Waals surface area (Å²) >= 11 is 1.30. The van der Waals surface area contributed by atoms with E-state index in [-0.39, 0.29) is 11.1 Å². The largest absolute Gasteiger partial charge is 0.346 e. The summed E-state index contributed by atoms with van der Waals surface area (Å²) in [5.74, 6) is -1.87. The zero-order valence-corrected chi connectivity index (χ0v) is 13.1. The SMILES string of the molecule is CC(Sc1ccccc1)C(=O)ON1C(=O)c2ccccc2C1=O. The summed E-state index contributed by atoms with van der Waals surface area (Å²) in [5, 5.41) is -0.0172. The standard InChI is InChI=1S/C17H13NO4S/c1-11(23-12-7-3-2-4-8-12)17(21)22-18-15(19)13-9-5-6-10-14(13)16(18)20/h2-11H,1H3. The third-order valence-corrected chi connectivity index (χ3v) is 4.42. The maximum absolute atomic E-state index is 12.2. The average Bonchev–Trinajstić information content (AvgIpc) is 2.81. The summed E-state index contributed by atoms with van der Waals surface area (Å²) in [6, 6.07) is 15.7. The van der Waals surface area contributed by atoms with Crippen molar-refractivity contribution >= 4 is 29.5 Å². The number of hydrogen-bond donors (Lipinski definition) is 0. The number of carbonyl (C=O) groups excluding carboxylic acids is 3. The van der Waals surface area contributed by atoms with E-state index in [1.807, 2.05) is 30.3 Å². The van der Waals surface area contributed by atoms with Crippen LogP contribution in [0.4, 0.5) is 0 Å². The highest BCUT2D eigenvalue weighted by Gasteiger charge is 2.39. The molecule has 6 heteroatoms. The van der Waals surface area contributed by atoms with Crippen LogP contribution in [0.1, 0.15) is 27.6 Å². The number of carbonyl (C=O) groups is 3. The molecule has 0 aliphatic carbocycles. The second-order valence-corrected chi connectivity index (χ2v) is 6.35. The van der Waals surface area contributed by atoms with Crippen LogP contribution in [0.25, 0.3) is 0 Å². The molecule has 1 heterocycles. The van der Waals surface area contributed by atoms with Crippen molar-refractivity contribution in [2.24, 2.45) is 0 Å². The van der Waals surface area contributed by atoms with Crippen molar-refractivity contribution in [3.63, 3.8) is 0 Å². The first-order valence-corrected chi connectivity index (χ1v) is 7.87. The third-order valence-electron chi connectivity index (χ3n) is 3.33. The fraction of sp³-hybridized carbons (Fsp3) is 0.118. The van der Waals surface area contributed by atoms with Gasteiger partial charge in [0.05, 0.1) is 11.1 Å². The Morgan fingerprint density at radius 3 is 2.04 bits per heavy atom. The highest BCUT2D eigenvalue weighted by Crippen LogP contribution is 2.26. The van der Waals surface area contributed by atoms with Crippen LogP contribution >= 0.6 is 11.8 Å². The summed E-state index contributed by atoms with van der Waals surface area (Å²) in [4.78, 5) is 42.4. The molecule has 1 aliphatic rings. The van der Waals surface area contributed by atoms with Gasteiger partial charge in [0, 0.05) is 4.90 Å². The number of benzene rings is 2. The number of nitrogens with zero attached hydrogens (tertiary/aromatic N) is 1. The third kappa shape index (κ3) is 2.98. The first-order chi connectivity index (χ1) is 11.1. The van der Waals surface area contributed by atoms with Gasteiger partial charge in [-0.2, -0.15) is 0 Å². The molecule has 1 unspecified atom stereocenters. The Labute approximate surface area is 137 Å². The number of rotatable bonds is 4. The molecular weight excluding hydrogens is 314 g/mol. The Hall–Kier alpha value is -2.60. The highest BCUT2D eigenvalue weighted by molar-refractivity contribution is 8.00. The van der Waals surface area contributed by atoms with Gasteiger partial charge in [0.1, 0.15) is 5.25 Å². The number of fused-ring (bicyclic) bond motifs is 1. The van der Waals surface area contributed by atoms with Gasteiger partial charge in [0.25, 0.3) is 11.8 Å². The Kier molecular flexibility index (Phi) is 4.16. The van der Waals surface area contributed by atoms with E-state index < -0.39 is 23.0 Å². The maximum atomic E-state index is 12.2. The van der Waals surface area contributed by atoms with Crippen LogP contribution in [-0.4, -0.2) is 28.1 Å². The van der Waals surface area contributed by atoms with Crippen molar-refractivity contribution in [3.05, 3.63) is 65.7 Å². The molecule has 2 aromatic carbocycles. The van der Waals surface area contributed by atoms with Crippen molar-refractivity contribution < 1.29 is 19.2 Å². The molecule has 116 valence electrons. The quantitative estimate of drug-likeness (QED) is 0.638. The number of imide groups is 1. The molecule has 2 aromatic rings. The molecule has 5 nitrogen and oxygen atoms in total. The van der Waals surface area contributed by atoms with Gasteiger partial charge in [-0.25, -0.2) is 4.79 Å². The lowest BCUT2D eigenvalue weighted by Gasteiger charge is -2.16. The summed E-state index contributed by atoms with van der Waals surface area (Å²) < 4.78 is 0. The van der Waals surface area contributed by atoms with Crippen LogP contribution in [0.15, 0.2) is 59.5 Å². The Morgan fingerprint density at radius 1 is 0.957 bits per heavy atom. The lowest BCUT2D eigenvalue weighted by atomic mass is 10.1. The zero-order valence-electron chi connectivity index (χ0n) is 12.3. The fourth-order valence-corrected chi connectivity index (χ4v) is 3.03. The number of hydrogen-bond acceptors (Lipinski definition) is 5. The van der Waals surface area contributed by atoms with Crippen molar-refractivity contribution in [1.82, 2.24) is 5.06 Å². The van der Waals surface area contributed by atoms with Crippen LogP contribution in [-0.2, 0) is 9.63 Å². The molecule has 3 rings (SSSR count). The van der Waals surface area contributed by atoms with E-state index in [0.29, 0.717) is 5.06 Å². The van der Waals surface area contributed by atoms with Crippen LogP contribution in [0.2, 0.25) is 0 Å². The molecule has 0 saturated heterocycles. The molecule has 0 N–H and O–H groups in total. The van der Waals surface area contributed by atoms with E-state index in [1.165, 1.54) is 23.9 Å². The summed E-state index contributed by atoms with van der Waals surface area (Å²) in [7, 11) is 0. The lowest BCUT2D eigenvalue weighted by molar-refractivity contribution is -0.167. The van der Waals surface area contributed by atoms with Crippen LogP contribution in [0.5, 0.6) is 0 Å². The summed E-state index contributed by atoms with van der Waals surface area (Å²) in [6.45, 7) is 1.66. The van der Waals surface area contributed by atoms with Crippen molar-refractivity contribution in [1.29, 1.82) is 0 Å². The minimum Gasteiger partial charge on any atom is -0.328 e. The topological polar surface area (TPSA) is 63.7 Å². The molecule has 0 fully saturated rings. The molecule has 0 aromatic heterocycles. The van der Waals surface area contributed by atoms with Gasteiger partial charge in [-0.05, 0) is 31.2 Å². The molecule has 23 heavy (non-hydrogen) atoms. The molecule has 0 spiro atoms. The van der Waals surface area contributed by atoms with Crippen LogP contribution < -0.4 is 0 Å². The summed E-state index contributed by atoms with van der Waals surface area (Å²) in [5.41, 5.74) is 0.488. The number of hydroxylamine groups is 2. The van der Waals surface area contributed by atoms with E-state index >= 15 is 0 Å². The normalized spacial score (nSPS) is 14.6. The van der Waals surface area contributed by atoms with Gasteiger partial charge in [0.2, 0.25) is 0 Å². The van der Waals surface area contributed by atoms with E-state index in [0.717, 1.165) is 4.90 Å². The number of amides is 2. The molecular formula is C17H13NO4S. The van der Waals surface area contributed by atoms with E-state index in [2.05, 4.69) is 0 Å². The summed E-state index contributed by atoms with van der Waals surface area (Å²) in [6.07, 6.45) is 0. The molecule has 0 radical (unpaired) electrons. The fourth-order valence-electron chi connectivity index (χ4n) is 2.17. The monoisotopic (exact) mass is 327 g/mol. The van der Waals surface area contributed by atoms with Crippen molar-refractivity contribution in [3.8, 4) is 0 Å². The maximum Gasteiger partial charge on any atom is 0.346 e. The van der Waals surface area contributed by atoms with Gasteiger partial charge in [0.15, 0.2) is 0 Å². The zero-order chi connectivity index (χ0) is 16.4. The van der Waals surface area contributed by atoms with Crippen molar-refractivity contribution in [2.75, 3.05) is 0 Å². The number of thioether (sulfide) groups is 1. The second kappa shape index (κ2) is 6.26. The van der Waals surface area contributed by atoms with Gasteiger partial charge < -0.3 is 4.84 Å². The van der Waals surface area contributed by atoms with Crippen molar-refractivity contribution in [2.45, 2.75) is 17.1 Å². The molecule has 0 bridgehead atoms. The van der Waals surface area contributed by atoms with Gasteiger partial charge in [-0.1, -0.05) is 35.4 Å². The van der Waals surface area contributed by atoms with E-state index in [1.54, 1.807) is 19.1 Å². The van der Waals surface area contributed by atoms with Gasteiger partial charge in [-0.3, -0.25) is 9.59 Å². The van der Waals surface area contributed by atoms with Crippen LogP contribution in [0.3, 0.4) is 0 Å².